The first-order chi connectivity index (χ1) is 21.1. The molecule has 10 heteroatoms. The van der Waals surface area contributed by atoms with Crippen molar-refractivity contribution in [1.82, 2.24) is 9.97 Å². The van der Waals surface area contributed by atoms with Crippen LogP contribution >= 0.6 is 0 Å². The van der Waals surface area contributed by atoms with Gasteiger partial charge in [-0.05, 0) is 85.0 Å². The van der Waals surface area contributed by atoms with Gasteiger partial charge in [0.1, 0.15) is 17.4 Å². The van der Waals surface area contributed by atoms with Crippen LogP contribution in [0.5, 0.6) is 5.75 Å². The molecular weight excluding hydrogens is 585 g/mol. The molecule has 3 aromatic carbocycles. The maximum Gasteiger partial charge on any atom is 0.429 e. The van der Waals surface area contributed by atoms with Crippen LogP contribution in [0.15, 0.2) is 60.9 Å². The zero-order chi connectivity index (χ0) is 31.4. The maximum absolute atomic E-state index is 15.0. The molecule has 0 N–H and O–H groups in total. The predicted octanol–water partition coefficient (Wildman–Crippen LogP) is 10.5. The highest BCUT2D eigenvalue weighted by molar-refractivity contribution is 5.65. The van der Waals surface area contributed by atoms with Gasteiger partial charge in [0.15, 0.2) is 23.3 Å². The van der Waals surface area contributed by atoms with Gasteiger partial charge in [-0.2, -0.15) is 8.78 Å². The van der Waals surface area contributed by atoms with Crippen LogP contribution < -0.4 is 4.74 Å². The average Bonchev–Trinajstić information content (AvgIpc) is 3.00. The second-order valence-electron chi connectivity index (χ2n) is 11.3. The average molecular weight is 617 g/mol. The first-order valence-corrected chi connectivity index (χ1v) is 14.7. The lowest BCUT2D eigenvalue weighted by Crippen LogP contribution is -2.23. The van der Waals surface area contributed by atoms with Crippen LogP contribution in [0.4, 0.5) is 30.7 Å². The Labute approximate surface area is 251 Å². The summed E-state index contributed by atoms with van der Waals surface area (Å²) in [7, 11) is 0. The monoisotopic (exact) mass is 616 g/mol. The molecule has 0 bridgehead atoms. The van der Waals surface area contributed by atoms with Crippen molar-refractivity contribution in [2.24, 2.45) is 5.92 Å². The van der Waals surface area contributed by atoms with Crippen LogP contribution in [0.2, 0.25) is 0 Å². The number of halogens is 7. The standard InChI is InChI=1S/C34H31F7N2O/c1-2-3-4-5-20-6-8-21(9-7-20)24-18-42-33(43-19-24)22-10-13-27(29(36)14-22)34(40,41)44-25-11-12-26(28(35)17-25)23-15-30(37)32(39)31(38)16-23/h10-21H,2-9H2,1H3. The fourth-order valence-corrected chi connectivity index (χ4v) is 5.76. The molecule has 0 amide bonds. The summed E-state index contributed by atoms with van der Waals surface area (Å²) >= 11 is 0. The minimum absolute atomic E-state index is 0.183. The number of hydrogen-bond donors (Lipinski definition) is 0. The Morgan fingerprint density at radius 2 is 1.41 bits per heavy atom. The van der Waals surface area contributed by atoms with E-state index >= 15 is 0 Å². The van der Waals surface area contributed by atoms with Gasteiger partial charge in [-0.15, -0.1) is 0 Å². The lowest BCUT2D eigenvalue weighted by atomic mass is 9.77. The summed E-state index contributed by atoms with van der Waals surface area (Å²) in [6.07, 6.45) is 8.71. The molecule has 1 heterocycles. The predicted molar refractivity (Wildman–Crippen MR) is 152 cm³/mol. The zero-order valence-electron chi connectivity index (χ0n) is 24.0. The number of hydrogen-bond acceptors (Lipinski definition) is 3. The van der Waals surface area contributed by atoms with Crippen LogP contribution in [-0.4, -0.2) is 9.97 Å². The highest BCUT2D eigenvalue weighted by atomic mass is 19.3. The second kappa shape index (κ2) is 13.4. The second-order valence-corrected chi connectivity index (χ2v) is 11.3. The molecule has 1 aliphatic carbocycles. The first kappa shape index (κ1) is 31.5. The Morgan fingerprint density at radius 1 is 0.750 bits per heavy atom. The van der Waals surface area contributed by atoms with E-state index in [2.05, 4.69) is 21.6 Å². The molecule has 0 radical (unpaired) electrons. The van der Waals surface area contributed by atoms with Crippen LogP contribution in [0.1, 0.15) is 75.3 Å². The number of aromatic nitrogens is 2. The molecule has 1 aromatic heterocycles. The lowest BCUT2D eigenvalue weighted by Gasteiger charge is -2.28. The van der Waals surface area contributed by atoms with Crippen molar-refractivity contribution >= 4 is 0 Å². The number of rotatable bonds is 10. The fraction of sp³-hybridized carbons (Fsp3) is 0.353. The van der Waals surface area contributed by atoms with Crippen LogP contribution in [-0.2, 0) is 6.11 Å². The number of benzene rings is 3. The summed E-state index contributed by atoms with van der Waals surface area (Å²) in [4.78, 5) is 8.71. The van der Waals surface area contributed by atoms with E-state index in [1.54, 1.807) is 12.4 Å². The van der Waals surface area contributed by atoms with Gasteiger partial charge in [0.25, 0.3) is 0 Å². The summed E-state index contributed by atoms with van der Waals surface area (Å²) in [6.45, 7) is 2.20. The molecule has 3 nitrogen and oxygen atoms in total. The Bertz CT molecular complexity index is 1580. The molecule has 0 spiro atoms. The molecule has 44 heavy (non-hydrogen) atoms. The molecule has 0 unspecified atom stereocenters. The lowest BCUT2D eigenvalue weighted by molar-refractivity contribution is -0.187. The Hall–Kier alpha value is -3.95. The molecule has 0 atom stereocenters. The summed E-state index contributed by atoms with van der Waals surface area (Å²) in [5.74, 6) is -6.62. The van der Waals surface area contributed by atoms with Crippen molar-refractivity contribution in [3.63, 3.8) is 0 Å². The molecule has 1 fully saturated rings. The van der Waals surface area contributed by atoms with Gasteiger partial charge in [0.05, 0.1) is 5.56 Å². The van der Waals surface area contributed by atoms with Crippen LogP contribution in [0, 0.1) is 35.0 Å². The van der Waals surface area contributed by atoms with E-state index in [1.165, 1.54) is 44.6 Å². The molecule has 1 saturated carbocycles. The van der Waals surface area contributed by atoms with Crippen molar-refractivity contribution in [2.45, 2.75) is 70.3 Å². The molecular formula is C34H31F7N2O. The maximum atomic E-state index is 15.0. The normalized spacial score (nSPS) is 17.1. The molecule has 4 aromatic rings. The van der Waals surface area contributed by atoms with E-state index < -0.39 is 46.5 Å². The van der Waals surface area contributed by atoms with Crippen molar-refractivity contribution in [3.05, 3.63) is 101 Å². The minimum Gasteiger partial charge on any atom is -0.429 e. The van der Waals surface area contributed by atoms with E-state index in [-0.39, 0.29) is 22.5 Å². The van der Waals surface area contributed by atoms with Gasteiger partial charge >= 0.3 is 6.11 Å². The first-order valence-electron chi connectivity index (χ1n) is 14.7. The van der Waals surface area contributed by atoms with E-state index in [4.69, 9.17) is 0 Å². The van der Waals surface area contributed by atoms with Crippen molar-refractivity contribution in [1.29, 1.82) is 0 Å². The fourth-order valence-electron chi connectivity index (χ4n) is 5.76. The highest BCUT2D eigenvalue weighted by Gasteiger charge is 2.38. The molecule has 232 valence electrons. The summed E-state index contributed by atoms with van der Waals surface area (Å²) < 4.78 is 105. The van der Waals surface area contributed by atoms with Gasteiger partial charge in [-0.3, -0.25) is 0 Å². The van der Waals surface area contributed by atoms with E-state index in [0.717, 1.165) is 48.6 Å². The third kappa shape index (κ3) is 7.05. The van der Waals surface area contributed by atoms with Gasteiger partial charge in [0, 0.05) is 29.6 Å². The smallest absolute Gasteiger partial charge is 0.429 e. The van der Waals surface area contributed by atoms with Gasteiger partial charge in [0.2, 0.25) is 0 Å². The van der Waals surface area contributed by atoms with Gasteiger partial charge in [-0.25, -0.2) is 31.9 Å². The third-order valence-corrected chi connectivity index (χ3v) is 8.23. The molecule has 0 aliphatic heterocycles. The quantitative estimate of drug-likeness (QED) is 0.101. The van der Waals surface area contributed by atoms with Crippen molar-refractivity contribution in [3.8, 4) is 28.3 Å². The number of unbranched alkanes of at least 4 members (excludes halogenated alkanes) is 2. The number of nitrogens with zero attached hydrogens (tertiary/aromatic N) is 2. The topological polar surface area (TPSA) is 35.0 Å². The Morgan fingerprint density at radius 3 is 2.02 bits per heavy atom. The largest absolute Gasteiger partial charge is 0.429 e. The molecule has 5 rings (SSSR count). The van der Waals surface area contributed by atoms with Crippen LogP contribution in [0.25, 0.3) is 22.5 Å². The highest BCUT2D eigenvalue weighted by Crippen LogP contribution is 2.39. The van der Waals surface area contributed by atoms with Crippen molar-refractivity contribution < 1.29 is 35.5 Å². The number of alkyl halides is 2. The van der Waals surface area contributed by atoms with E-state index in [1.807, 2.05) is 0 Å². The van der Waals surface area contributed by atoms with Gasteiger partial charge in [-0.1, -0.05) is 38.7 Å². The third-order valence-electron chi connectivity index (χ3n) is 8.23. The van der Waals surface area contributed by atoms with E-state index in [0.29, 0.717) is 24.1 Å². The minimum atomic E-state index is -4.20. The van der Waals surface area contributed by atoms with Crippen molar-refractivity contribution in [2.75, 3.05) is 0 Å². The number of ether oxygens (including phenoxy) is 1. The van der Waals surface area contributed by atoms with Crippen LogP contribution in [0.3, 0.4) is 0 Å². The molecule has 1 aliphatic rings. The summed E-state index contributed by atoms with van der Waals surface area (Å²) in [6, 6.07) is 6.53. The summed E-state index contributed by atoms with van der Waals surface area (Å²) in [5, 5.41) is 0. The van der Waals surface area contributed by atoms with E-state index in [9.17, 15) is 30.7 Å². The van der Waals surface area contributed by atoms with Gasteiger partial charge < -0.3 is 4.74 Å². The summed E-state index contributed by atoms with van der Waals surface area (Å²) in [5.41, 5.74) is -0.622. The zero-order valence-corrected chi connectivity index (χ0v) is 24.0. The Kier molecular flexibility index (Phi) is 9.56. The molecule has 0 saturated heterocycles. The SMILES string of the molecule is CCCCCC1CCC(c2cnc(-c3ccc(C(F)(F)Oc4ccc(-c5cc(F)c(F)c(F)c5)c(F)c4)c(F)c3)nc2)CC1. The Balaban J connectivity index is 1.25.